The van der Waals surface area contributed by atoms with Gasteiger partial charge in [-0.1, -0.05) is 6.07 Å². The Morgan fingerprint density at radius 3 is 2.58 bits per heavy atom. The van der Waals surface area contributed by atoms with Crippen LogP contribution < -0.4 is 9.47 Å². The molecule has 2 aromatic heterocycles. The van der Waals surface area contributed by atoms with Gasteiger partial charge in [-0.15, -0.1) is 0 Å². The van der Waals surface area contributed by atoms with Crippen molar-refractivity contribution in [3.8, 4) is 17.3 Å². The Labute approximate surface area is 188 Å². The number of benzene rings is 1. The fraction of sp³-hybridized carbons (Fsp3) is 0.348. The third kappa shape index (κ3) is 6.47. The van der Waals surface area contributed by atoms with Gasteiger partial charge in [-0.25, -0.2) is 9.67 Å². The van der Waals surface area contributed by atoms with E-state index >= 15 is 0 Å². The van der Waals surface area contributed by atoms with Crippen LogP contribution in [0.1, 0.15) is 35.2 Å². The van der Waals surface area contributed by atoms with Gasteiger partial charge in [0.1, 0.15) is 0 Å². The van der Waals surface area contributed by atoms with Crippen molar-refractivity contribution >= 4 is 5.97 Å². The number of rotatable bonds is 10. The first-order valence-electron chi connectivity index (χ1n) is 10.3. The summed E-state index contributed by atoms with van der Waals surface area (Å²) in [6, 6.07) is 7.60. The molecule has 33 heavy (non-hydrogen) atoms. The van der Waals surface area contributed by atoms with E-state index in [-0.39, 0.29) is 6.42 Å². The highest BCUT2D eigenvalue weighted by Gasteiger charge is 2.30. The Kier molecular flexibility index (Phi) is 7.57. The van der Waals surface area contributed by atoms with Crippen LogP contribution in [-0.4, -0.2) is 39.6 Å². The van der Waals surface area contributed by atoms with Gasteiger partial charge in [0, 0.05) is 18.8 Å². The van der Waals surface area contributed by atoms with Crippen molar-refractivity contribution in [3.63, 3.8) is 0 Å². The predicted molar refractivity (Wildman–Crippen MR) is 114 cm³/mol. The molecule has 1 aromatic carbocycles. The molecule has 0 radical (unpaired) electrons. The minimum atomic E-state index is -4.43. The molecule has 0 aliphatic heterocycles. The van der Waals surface area contributed by atoms with Crippen molar-refractivity contribution in [1.82, 2.24) is 14.8 Å². The maximum Gasteiger partial charge on any atom is 0.417 e. The standard InChI is InChI=1S/C23H24F3N3O4/c1-15-17(14-29(28-15)21-9-7-18(13-27-21)23(24,25)26)4-3-11-33-19-8-5-16(6-10-22(30)31)12-20(19)32-2/h5,7-9,12-14H,3-4,6,10-11H2,1-2H3,(H,30,31). The van der Waals surface area contributed by atoms with Crippen LogP contribution in [0.2, 0.25) is 0 Å². The molecule has 7 nitrogen and oxygen atoms in total. The molecule has 0 saturated carbocycles. The van der Waals surface area contributed by atoms with Crippen LogP contribution in [0, 0.1) is 6.92 Å². The average molecular weight is 463 g/mol. The number of methoxy groups -OCH3 is 1. The molecule has 176 valence electrons. The number of alkyl halides is 3. The number of pyridine rings is 1. The summed E-state index contributed by atoms with van der Waals surface area (Å²) in [6.45, 7) is 2.24. The molecular weight excluding hydrogens is 439 g/mol. The van der Waals surface area contributed by atoms with E-state index < -0.39 is 17.7 Å². The molecule has 0 spiro atoms. The second kappa shape index (κ2) is 10.4. The fourth-order valence-corrected chi connectivity index (χ4v) is 3.23. The molecule has 0 aliphatic carbocycles. The number of hydrogen-bond acceptors (Lipinski definition) is 5. The lowest BCUT2D eigenvalue weighted by Crippen LogP contribution is -2.07. The van der Waals surface area contributed by atoms with Crippen LogP contribution in [0.5, 0.6) is 11.5 Å². The number of aliphatic carboxylic acids is 1. The summed E-state index contributed by atoms with van der Waals surface area (Å²) in [5.41, 5.74) is 1.74. The smallest absolute Gasteiger partial charge is 0.417 e. The Balaban J connectivity index is 1.56. The van der Waals surface area contributed by atoms with Gasteiger partial charge < -0.3 is 14.6 Å². The molecule has 3 aromatic rings. The first kappa shape index (κ1) is 24.1. The van der Waals surface area contributed by atoms with E-state index in [9.17, 15) is 18.0 Å². The number of carboxylic acids is 1. The van der Waals surface area contributed by atoms with Crippen molar-refractivity contribution in [3.05, 3.63) is 65.1 Å². The number of hydrogen-bond donors (Lipinski definition) is 1. The second-order valence-electron chi connectivity index (χ2n) is 7.42. The number of aromatic nitrogens is 3. The Morgan fingerprint density at radius 2 is 1.94 bits per heavy atom. The highest BCUT2D eigenvalue weighted by Crippen LogP contribution is 2.30. The largest absolute Gasteiger partial charge is 0.493 e. The van der Waals surface area contributed by atoms with E-state index in [1.54, 1.807) is 18.3 Å². The molecular formula is C23H24F3N3O4. The predicted octanol–water partition coefficient (Wildman–Crippen LogP) is 4.63. The van der Waals surface area contributed by atoms with Crippen LogP contribution in [-0.2, 0) is 23.8 Å². The first-order chi connectivity index (χ1) is 15.7. The zero-order valence-electron chi connectivity index (χ0n) is 18.2. The van der Waals surface area contributed by atoms with Crippen LogP contribution in [0.3, 0.4) is 0 Å². The van der Waals surface area contributed by atoms with Gasteiger partial charge in [-0.05, 0) is 61.6 Å². The normalized spacial score (nSPS) is 11.4. The van der Waals surface area contributed by atoms with Crippen molar-refractivity contribution in [1.29, 1.82) is 0 Å². The first-order valence-corrected chi connectivity index (χ1v) is 10.3. The molecule has 0 amide bonds. The van der Waals surface area contributed by atoms with E-state index in [0.717, 1.165) is 29.1 Å². The van der Waals surface area contributed by atoms with E-state index in [1.807, 2.05) is 13.0 Å². The minimum absolute atomic E-state index is 0.0401. The molecule has 0 fully saturated rings. The van der Waals surface area contributed by atoms with Crippen LogP contribution in [0.15, 0.2) is 42.7 Å². The molecule has 3 rings (SSSR count). The zero-order valence-corrected chi connectivity index (χ0v) is 18.2. The molecule has 0 bridgehead atoms. The summed E-state index contributed by atoms with van der Waals surface area (Å²) in [6.07, 6.45) is -0.106. The monoisotopic (exact) mass is 463 g/mol. The third-order valence-electron chi connectivity index (χ3n) is 5.01. The van der Waals surface area contributed by atoms with E-state index in [2.05, 4.69) is 10.1 Å². The van der Waals surface area contributed by atoms with E-state index in [0.29, 0.717) is 43.2 Å². The Morgan fingerprint density at radius 1 is 1.15 bits per heavy atom. The number of ether oxygens (including phenoxy) is 2. The Bertz CT molecular complexity index is 1100. The quantitative estimate of drug-likeness (QED) is 0.441. The molecule has 10 heteroatoms. The van der Waals surface area contributed by atoms with Gasteiger partial charge in [0.05, 0.1) is 25.0 Å². The van der Waals surface area contributed by atoms with E-state index in [1.165, 1.54) is 17.9 Å². The molecule has 0 saturated heterocycles. The number of nitrogens with zero attached hydrogens (tertiary/aromatic N) is 3. The molecule has 0 atom stereocenters. The van der Waals surface area contributed by atoms with Gasteiger partial charge in [-0.2, -0.15) is 18.3 Å². The minimum Gasteiger partial charge on any atom is -0.493 e. The van der Waals surface area contributed by atoms with Gasteiger partial charge in [-0.3, -0.25) is 4.79 Å². The number of carboxylic acid groups (broad SMARTS) is 1. The van der Waals surface area contributed by atoms with Crippen LogP contribution in [0.4, 0.5) is 13.2 Å². The summed E-state index contributed by atoms with van der Waals surface area (Å²) in [5.74, 6) is 0.552. The van der Waals surface area contributed by atoms with Gasteiger partial charge in [0.25, 0.3) is 0 Å². The maximum absolute atomic E-state index is 12.7. The lowest BCUT2D eigenvalue weighted by atomic mass is 10.1. The lowest BCUT2D eigenvalue weighted by Gasteiger charge is -2.12. The summed E-state index contributed by atoms with van der Waals surface area (Å²) < 4.78 is 50.8. The van der Waals surface area contributed by atoms with Crippen molar-refractivity contribution in [2.24, 2.45) is 0 Å². The highest BCUT2D eigenvalue weighted by molar-refractivity contribution is 5.67. The average Bonchev–Trinajstić information content (AvgIpc) is 3.15. The SMILES string of the molecule is COc1cc(CCC(=O)O)ccc1OCCCc1cn(-c2ccc(C(F)(F)F)cn2)nc1C. The fourth-order valence-electron chi connectivity index (χ4n) is 3.23. The maximum atomic E-state index is 12.7. The zero-order chi connectivity index (χ0) is 24.0. The molecule has 0 unspecified atom stereocenters. The number of aryl methyl sites for hydroxylation is 3. The second-order valence-corrected chi connectivity index (χ2v) is 7.42. The summed E-state index contributed by atoms with van der Waals surface area (Å²) in [4.78, 5) is 14.6. The van der Waals surface area contributed by atoms with Gasteiger partial charge >= 0.3 is 12.1 Å². The molecule has 0 aliphatic rings. The number of carbonyl (C=O) groups is 1. The van der Waals surface area contributed by atoms with Crippen LogP contribution >= 0.6 is 0 Å². The summed E-state index contributed by atoms with van der Waals surface area (Å²) in [5, 5.41) is 13.2. The molecule has 1 N–H and O–H groups in total. The highest BCUT2D eigenvalue weighted by atomic mass is 19.4. The van der Waals surface area contributed by atoms with Gasteiger partial charge in [0.2, 0.25) is 0 Å². The molecule has 2 heterocycles. The summed E-state index contributed by atoms with van der Waals surface area (Å²) in [7, 11) is 1.52. The van der Waals surface area contributed by atoms with Crippen LogP contribution in [0.25, 0.3) is 5.82 Å². The van der Waals surface area contributed by atoms with Crippen molar-refractivity contribution in [2.75, 3.05) is 13.7 Å². The van der Waals surface area contributed by atoms with Crippen molar-refractivity contribution < 1.29 is 32.5 Å². The Hall–Kier alpha value is -3.56. The topological polar surface area (TPSA) is 86.5 Å². The van der Waals surface area contributed by atoms with Gasteiger partial charge in [0.15, 0.2) is 17.3 Å². The summed E-state index contributed by atoms with van der Waals surface area (Å²) >= 11 is 0. The third-order valence-corrected chi connectivity index (χ3v) is 5.01. The van der Waals surface area contributed by atoms with Crippen molar-refractivity contribution in [2.45, 2.75) is 38.8 Å². The van der Waals surface area contributed by atoms with E-state index in [4.69, 9.17) is 14.6 Å². The number of halogens is 3. The lowest BCUT2D eigenvalue weighted by molar-refractivity contribution is -0.138.